The number of rotatable bonds is 7. The fourth-order valence-corrected chi connectivity index (χ4v) is 6.48. The van der Waals surface area contributed by atoms with Crippen LogP contribution in [0.2, 0.25) is 0 Å². The molecule has 188 valence electrons. The molecule has 6 rings (SSSR count). The number of piperidine rings is 1. The van der Waals surface area contributed by atoms with Crippen LogP contribution in [0.15, 0.2) is 60.9 Å². The fourth-order valence-electron chi connectivity index (χ4n) is 6.48. The lowest BCUT2D eigenvalue weighted by Gasteiger charge is -2.40. The molecule has 0 spiro atoms. The van der Waals surface area contributed by atoms with Gasteiger partial charge in [-0.1, -0.05) is 42.5 Å². The van der Waals surface area contributed by atoms with E-state index in [-0.39, 0.29) is 31.0 Å². The molecule has 2 amide bonds. The molecule has 4 heterocycles. The molecular formula is C28H33N5O3. The molecule has 3 fully saturated rings. The van der Waals surface area contributed by atoms with E-state index in [2.05, 4.69) is 50.1 Å². The van der Waals surface area contributed by atoms with Crippen LogP contribution in [0, 0.1) is 5.92 Å². The Morgan fingerprint density at radius 3 is 2.39 bits per heavy atom. The molecule has 3 atom stereocenters. The molecular weight excluding hydrogens is 454 g/mol. The summed E-state index contributed by atoms with van der Waals surface area (Å²) < 4.78 is 2.38. The SMILES string of the molecule is O=C(N[C@@H](CCN1C2CCC1CC(n1cnc3ccccc31)C2)c1ccccc1)C1CN(C(=O)O)C1. The van der Waals surface area contributed by atoms with Crippen molar-refractivity contribution >= 4 is 23.0 Å². The van der Waals surface area contributed by atoms with Crippen molar-refractivity contribution in [3.63, 3.8) is 0 Å². The predicted molar refractivity (Wildman–Crippen MR) is 137 cm³/mol. The van der Waals surface area contributed by atoms with E-state index in [4.69, 9.17) is 5.11 Å². The van der Waals surface area contributed by atoms with Gasteiger partial charge in [0.25, 0.3) is 0 Å². The lowest BCUT2D eigenvalue weighted by molar-refractivity contribution is -0.130. The number of carboxylic acid groups (broad SMARTS) is 1. The van der Waals surface area contributed by atoms with Gasteiger partial charge in [-0.05, 0) is 49.8 Å². The van der Waals surface area contributed by atoms with Crippen LogP contribution in [0.4, 0.5) is 4.79 Å². The second-order valence-electron chi connectivity index (χ2n) is 10.5. The molecule has 3 aliphatic heterocycles. The third-order valence-electron chi connectivity index (χ3n) is 8.45. The maximum Gasteiger partial charge on any atom is 0.407 e. The van der Waals surface area contributed by atoms with Gasteiger partial charge in [0.2, 0.25) is 5.91 Å². The molecule has 8 heteroatoms. The molecule has 2 unspecified atom stereocenters. The van der Waals surface area contributed by atoms with Gasteiger partial charge in [-0.2, -0.15) is 0 Å². The maximum atomic E-state index is 12.9. The van der Waals surface area contributed by atoms with Crippen LogP contribution >= 0.6 is 0 Å². The first-order valence-corrected chi connectivity index (χ1v) is 13.1. The number of carbonyl (C=O) groups excluding carboxylic acids is 1. The van der Waals surface area contributed by atoms with Gasteiger partial charge in [0, 0.05) is 37.8 Å². The Bertz CT molecular complexity index is 1220. The number of nitrogens with zero attached hydrogens (tertiary/aromatic N) is 4. The first-order chi connectivity index (χ1) is 17.6. The number of hydrogen-bond acceptors (Lipinski definition) is 4. The Balaban J connectivity index is 1.11. The van der Waals surface area contributed by atoms with Crippen molar-refractivity contribution in [3.05, 3.63) is 66.5 Å². The van der Waals surface area contributed by atoms with Gasteiger partial charge in [-0.3, -0.25) is 9.69 Å². The second-order valence-corrected chi connectivity index (χ2v) is 10.5. The molecule has 0 radical (unpaired) electrons. The minimum absolute atomic E-state index is 0.0463. The molecule has 2 aromatic carbocycles. The number of aromatic nitrogens is 2. The molecule has 3 aromatic rings. The van der Waals surface area contributed by atoms with E-state index in [1.54, 1.807) is 0 Å². The van der Waals surface area contributed by atoms with Gasteiger partial charge in [-0.15, -0.1) is 0 Å². The van der Waals surface area contributed by atoms with Crippen LogP contribution < -0.4 is 5.32 Å². The highest BCUT2D eigenvalue weighted by atomic mass is 16.4. The summed E-state index contributed by atoms with van der Waals surface area (Å²) in [7, 11) is 0. The molecule has 8 nitrogen and oxygen atoms in total. The third-order valence-corrected chi connectivity index (χ3v) is 8.45. The van der Waals surface area contributed by atoms with Crippen molar-refractivity contribution in [2.45, 2.75) is 56.3 Å². The highest BCUT2D eigenvalue weighted by molar-refractivity contribution is 5.82. The zero-order valence-corrected chi connectivity index (χ0v) is 20.4. The summed E-state index contributed by atoms with van der Waals surface area (Å²) in [5.74, 6) is -0.306. The summed E-state index contributed by atoms with van der Waals surface area (Å²) >= 11 is 0. The molecule has 2 bridgehead atoms. The van der Waals surface area contributed by atoms with Crippen LogP contribution in [-0.4, -0.2) is 68.2 Å². The van der Waals surface area contributed by atoms with E-state index >= 15 is 0 Å². The monoisotopic (exact) mass is 487 g/mol. The van der Waals surface area contributed by atoms with E-state index < -0.39 is 6.09 Å². The summed E-state index contributed by atoms with van der Waals surface area (Å²) in [6.45, 7) is 1.50. The largest absolute Gasteiger partial charge is 0.465 e. The first kappa shape index (κ1) is 23.0. The van der Waals surface area contributed by atoms with Gasteiger partial charge in [0.1, 0.15) is 0 Å². The van der Waals surface area contributed by atoms with Crippen molar-refractivity contribution in [3.8, 4) is 0 Å². The minimum Gasteiger partial charge on any atom is -0.465 e. The first-order valence-electron chi connectivity index (χ1n) is 13.1. The Hall–Kier alpha value is -3.39. The van der Waals surface area contributed by atoms with Gasteiger partial charge in [-0.25, -0.2) is 9.78 Å². The van der Waals surface area contributed by atoms with E-state index in [9.17, 15) is 9.59 Å². The Morgan fingerprint density at radius 2 is 1.67 bits per heavy atom. The summed E-state index contributed by atoms with van der Waals surface area (Å²) in [6.07, 6.45) is 6.61. The normalized spacial score (nSPS) is 25.0. The number of carbonyl (C=O) groups is 2. The van der Waals surface area contributed by atoms with Crippen LogP contribution in [0.3, 0.4) is 0 Å². The number of benzene rings is 2. The summed E-state index contributed by atoms with van der Waals surface area (Å²) in [5.41, 5.74) is 3.39. The zero-order chi connectivity index (χ0) is 24.6. The van der Waals surface area contributed by atoms with Crippen molar-refractivity contribution in [2.24, 2.45) is 5.92 Å². The van der Waals surface area contributed by atoms with E-state index in [1.807, 2.05) is 30.6 Å². The van der Waals surface area contributed by atoms with Crippen LogP contribution in [0.25, 0.3) is 11.0 Å². The standard InChI is InChI=1S/C28H33N5O3/c34-27(20-16-31(17-20)28(35)36)30-24(19-6-2-1-3-7-19)12-13-32-21-10-11-22(32)15-23(14-21)33-18-29-25-8-4-5-9-26(25)33/h1-9,18,20-24H,10-17H2,(H,30,34)(H,35,36)/t21?,22?,23?,24-/m0/s1. The van der Waals surface area contributed by atoms with Crippen LogP contribution in [0.1, 0.15) is 49.8 Å². The number of amides is 2. The predicted octanol–water partition coefficient (Wildman–Crippen LogP) is 4.06. The van der Waals surface area contributed by atoms with Crippen molar-refractivity contribution in [1.82, 2.24) is 24.7 Å². The highest BCUT2D eigenvalue weighted by Gasteiger charge is 2.42. The molecule has 0 saturated carbocycles. The van der Waals surface area contributed by atoms with E-state index in [0.717, 1.165) is 36.9 Å². The van der Waals surface area contributed by atoms with Crippen molar-refractivity contribution in [2.75, 3.05) is 19.6 Å². The number of nitrogens with one attached hydrogen (secondary N) is 1. The average molecular weight is 488 g/mol. The summed E-state index contributed by atoms with van der Waals surface area (Å²) in [6, 6.07) is 20.0. The quantitative estimate of drug-likeness (QED) is 0.525. The Morgan fingerprint density at radius 1 is 0.972 bits per heavy atom. The van der Waals surface area contributed by atoms with Crippen LogP contribution in [0.5, 0.6) is 0 Å². The molecule has 3 aliphatic rings. The summed E-state index contributed by atoms with van der Waals surface area (Å²) in [5, 5.41) is 12.3. The topological polar surface area (TPSA) is 90.7 Å². The smallest absolute Gasteiger partial charge is 0.407 e. The number of likely N-dealkylation sites (tertiary alicyclic amines) is 1. The van der Waals surface area contributed by atoms with E-state index in [1.165, 1.54) is 23.3 Å². The van der Waals surface area contributed by atoms with Gasteiger partial charge >= 0.3 is 6.09 Å². The highest BCUT2D eigenvalue weighted by Crippen LogP contribution is 2.42. The second kappa shape index (κ2) is 9.58. The number of para-hydroxylation sites is 2. The lowest BCUT2D eigenvalue weighted by Crippen LogP contribution is -2.55. The van der Waals surface area contributed by atoms with Crippen molar-refractivity contribution < 1.29 is 14.7 Å². The van der Waals surface area contributed by atoms with Gasteiger partial charge < -0.3 is 19.9 Å². The summed E-state index contributed by atoms with van der Waals surface area (Å²) in [4.78, 5) is 32.6. The number of hydrogen-bond donors (Lipinski definition) is 2. The zero-order valence-electron chi connectivity index (χ0n) is 20.4. The fraction of sp³-hybridized carbons (Fsp3) is 0.464. The molecule has 1 aromatic heterocycles. The molecule has 36 heavy (non-hydrogen) atoms. The number of imidazole rings is 1. The third kappa shape index (κ3) is 4.34. The molecule has 3 saturated heterocycles. The Kier molecular flexibility index (Phi) is 6.13. The maximum absolute atomic E-state index is 12.9. The van der Waals surface area contributed by atoms with Gasteiger partial charge in [0.05, 0.1) is 29.3 Å². The molecule has 2 N–H and O–H groups in total. The van der Waals surface area contributed by atoms with Gasteiger partial charge in [0.15, 0.2) is 0 Å². The van der Waals surface area contributed by atoms with E-state index in [0.29, 0.717) is 18.1 Å². The van der Waals surface area contributed by atoms with Crippen LogP contribution in [-0.2, 0) is 4.79 Å². The number of fused-ring (bicyclic) bond motifs is 3. The molecule has 0 aliphatic carbocycles. The Labute approximate surface area is 210 Å². The lowest BCUT2D eigenvalue weighted by atomic mass is 9.94. The minimum atomic E-state index is -0.957. The average Bonchev–Trinajstić information content (AvgIpc) is 3.38. The van der Waals surface area contributed by atoms with Crippen molar-refractivity contribution in [1.29, 1.82) is 0 Å².